The van der Waals surface area contributed by atoms with Crippen molar-refractivity contribution in [3.8, 4) is 0 Å². The van der Waals surface area contributed by atoms with Crippen molar-refractivity contribution in [3.05, 3.63) is 38.9 Å². The smallest absolute Gasteiger partial charge is 0.224 e. The first-order valence-corrected chi connectivity index (χ1v) is 6.58. The van der Waals surface area contributed by atoms with Crippen molar-refractivity contribution in [1.29, 1.82) is 0 Å². The number of anilines is 1. The van der Waals surface area contributed by atoms with Crippen LogP contribution in [0.25, 0.3) is 0 Å². The van der Waals surface area contributed by atoms with Gasteiger partial charge in [-0.05, 0) is 44.5 Å². The minimum Gasteiger partial charge on any atom is -0.363 e. The van der Waals surface area contributed by atoms with Crippen LogP contribution < -0.4 is 5.32 Å². The summed E-state index contributed by atoms with van der Waals surface area (Å²) in [6.45, 7) is 6.11. The van der Waals surface area contributed by atoms with Gasteiger partial charge < -0.3 is 5.32 Å². The second kappa shape index (κ2) is 5.02. The van der Waals surface area contributed by atoms with Crippen molar-refractivity contribution >= 4 is 28.8 Å². The molecule has 0 aliphatic rings. The van der Waals surface area contributed by atoms with E-state index in [1.54, 1.807) is 11.3 Å². The van der Waals surface area contributed by atoms with Crippen molar-refractivity contribution in [2.45, 2.75) is 26.8 Å². The van der Waals surface area contributed by atoms with E-state index >= 15 is 0 Å². The summed E-state index contributed by atoms with van der Waals surface area (Å²) in [5.41, 5.74) is 0.863. The lowest BCUT2D eigenvalue weighted by molar-refractivity contribution is 0.891. The normalized spacial score (nSPS) is 12.5. The molecule has 2 aromatic rings. The van der Waals surface area contributed by atoms with Gasteiger partial charge in [0.05, 0.1) is 6.04 Å². The summed E-state index contributed by atoms with van der Waals surface area (Å²) in [5.74, 6) is 0.765. The maximum atomic E-state index is 5.82. The Morgan fingerprint density at radius 2 is 2.06 bits per heavy atom. The van der Waals surface area contributed by atoms with Crippen LogP contribution in [0.1, 0.15) is 28.4 Å². The minimum absolute atomic E-state index is 0.221. The van der Waals surface area contributed by atoms with Gasteiger partial charge in [0.2, 0.25) is 5.28 Å². The van der Waals surface area contributed by atoms with Crippen LogP contribution in [-0.2, 0) is 0 Å². The molecule has 0 amide bonds. The molecular formula is C12H14ClN3S. The highest BCUT2D eigenvalue weighted by atomic mass is 35.5. The van der Waals surface area contributed by atoms with Crippen molar-refractivity contribution in [2.75, 3.05) is 5.32 Å². The quantitative estimate of drug-likeness (QED) is 0.855. The zero-order chi connectivity index (χ0) is 12.4. The third-order valence-electron chi connectivity index (χ3n) is 2.38. The van der Waals surface area contributed by atoms with Crippen LogP contribution in [0, 0.1) is 13.8 Å². The molecule has 2 heterocycles. The Morgan fingerprint density at radius 1 is 1.29 bits per heavy atom. The number of thiophene rings is 1. The Labute approximate surface area is 110 Å². The zero-order valence-electron chi connectivity index (χ0n) is 9.99. The molecule has 0 aromatic carbocycles. The first-order chi connectivity index (χ1) is 8.04. The average molecular weight is 268 g/mol. The lowest BCUT2D eigenvalue weighted by Gasteiger charge is -2.13. The summed E-state index contributed by atoms with van der Waals surface area (Å²) in [5, 5.41) is 3.61. The van der Waals surface area contributed by atoms with Gasteiger partial charge in [-0.1, -0.05) is 0 Å². The first kappa shape index (κ1) is 12.3. The molecule has 2 aromatic heterocycles. The second-order valence-electron chi connectivity index (χ2n) is 3.98. The van der Waals surface area contributed by atoms with Crippen molar-refractivity contribution in [1.82, 2.24) is 9.97 Å². The maximum Gasteiger partial charge on any atom is 0.224 e. The second-order valence-corrected chi connectivity index (χ2v) is 5.64. The molecule has 1 atom stereocenters. The monoisotopic (exact) mass is 267 g/mol. The van der Waals surface area contributed by atoms with Crippen molar-refractivity contribution in [3.63, 3.8) is 0 Å². The number of aromatic nitrogens is 2. The van der Waals surface area contributed by atoms with Gasteiger partial charge in [0.15, 0.2) is 0 Å². The Balaban J connectivity index is 2.15. The van der Waals surface area contributed by atoms with Crippen LogP contribution in [0.5, 0.6) is 0 Å². The van der Waals surface area contributed by atoms with E-state index < -0.39 is 0 Å². The molecular weight excluding hydrogens is 254 g/mol. The van der Waals surface area contributed by atoms with E-state index in [0.717, 1.165) is 11.5 Å². The summed E-state index contributed by atoms with van der Waals surface area (Å²) in [4.78, 5) is 10.8. The van der Waals surface area contributed by atoms with Gasteiger partial charge in [-0.25, -0.2) is 9.97 Å². The summed E-state index contributed by atoms with van der Waals surface area (Å²) < 4.78 is 0. The van der Waals surface area contributed by atoms with Crippen LogP contribution in [0.4, 0.5) is 5.82 Å². The predicted molar refractivity (Wildman–Crippen MR) is 72.9 cm³/mol. The standard InChI is InChI=1S/C12H14ClN3S/c1-7-6-11(16-12(13)14-7)15-9(3)10-5-4-8(2)17-10/h4-6,9H,1-3H3,(H,14,15,16). The molecule has 0 radical (unpaired) electrons. The van der Waals surface area contributed by atoms with Crippen LogP contribution in [0.2, 0.25) is 5.28 Å². The summed E-state index contributed by atoms with van der Waals surface area (Å²) in [6, 6.07) is 6.37. The number of aryl methyl sites for hydroxylation is 2. The SMILES string of the molecule is Cc1cc(NC(C)c2ccc(C)s2)nc(Cl)n1. The van der Waals surface area contributed by atoms with Crippen molar-refractivity contribution < 1.29 is 0 Å². The predicted octanol–water partition coefficient (Wildman–Crippen LogP) is 3.98. The van der Waals surface area contributed by atoms with Crippen LogP contribution >= 0.6 is 22.9 Å². The molecule has 0 saturated carbocycles. The lowest BCUT2D eigenvalue weighted by Crippen LogP contribution is -2.07. The minimum atomic E-state index is 0.221. The van der Waals surface area contributed by atoms with E-state index in [-0.39, 0.29) is 11.3 Å². The van der Waals surface area contributed by atoms with Crippen LogP contribution in [0.15, 0.2) is 18.2 Å². The van der Waals surface area contributed by atoms with E-state index in [0.29, 0.717) is 0 Å². The number of hydrogen-bond acceptors (Lipinski definition) is 4. The summed E-state index contributed by atoms with van der Waals surface area (Å²) in [7, 11) is 0. The molecule has 0 saturated heterocycles. The number of hydrogen-bond donors (Lipinski definition) is 1. The third kappa shape index (κ3) is 3.17. The first-order valence-electron chi connectivity index (χ1n) is 5.38. The van der Waals surface area contributed by atoms with Gasteiger partial charge >= 0.3 is 0 Å². The fourth-order valence-corrected chi connectivity index (χ4v) is 2.69. The highest BCUT2D eigenvalue weighted by Gasteiger charge is 2.09. The molecule has 90 valence electrons. The molecule has 3 nitrogen and oxygen atoms in total. The molecule has 1 N–H and O–H groups in total. The largest absolute Gasteiger partial charge is 0.363 e. The van der Waals surface area contributed by atoms with Gasteiger partial charge in [0.1, 0.15) is 5.82 Å². The fourth-order valence-electron chi connectivity index (χ4n) is 1.59. The molecule has 0 spiro atoms. The highest BCUT2D eigenvalue weighted by Crippen LogP contribution is 2.25. The molecule has 0 aliphatic carbocycles. The van der Waals surface area contributed by atoms with E-state index in [2.05, 4.69) is 41.3 Å². The summed E-state index contributed by atoms with van der Waals surface area (Å²) in [6.07, 6.45) is 0. The number of halogens is 1. The Hall–Kier alpha value is -1.13. The molecule has 0 fully saturated rings. The number of rotatable bonds is 3. The summed E-state index contributed by atoms with van der Waals surface area (Å²) >= 11 is 7.61. The van der Waals surface area contributed by atoms with E-state index in [9.17, 15) is 0 Å². The zero-order valence-corrected chi connectivity index (χ0v) is 11.6. The van der Waals surface area contributed by atoms with Gasteiger partial charge in [-0.3, -0.25) is 0 Å². The Bertz CT molecular complexity index is 504. The van der Waals surface area contributed by atoms with Gasteiger partial charge in [0.25, 0.3) is 0 Å². The average Bonchev–Trinajstić information content (AvgIpc) is 2.63. The molecule has 1 unspecified atom stereocenters. The van der Waals surface area contributed by atoms with Gasteiger partial charge in [0, 0.05) is 21.5 Å². The third-order valence-corrected chi connectivity index (χ3v) is 3.73. The van der Waals surface area contributed by atoms with Gasteiger partial charge in [-0.2, -0.15) is 0 Å². The van der Waals surface area contributed by atoms with E-state index in [1.807, 2.05) is 13.0 Å². The number of nitrogens with one attached hydrogen (secondary N) is 1. The maximum absolute atomic E-state index is 5.82. The Morgan fingerprint density at radius 3 is 2.65 bits per heavy atom. The molecule has 17 heavy (non-hydrogen) atoms. The van der Waals surface area contributed by atoms with Crippen molar-refractivity contribution in [2.24, 2.45) is 0 Å². The molecule has 5 heteroatoms. The fraction of sp³-hybridized carbons (Fsp3) is 0.333. The molecule has 0 aliphatic heterocycles. The lowest BCUT2D eigenvalue weighted by atomic mass is 10.2. The van der Waals surface area contributed by atoms with E-state index in [1.165, 1.54) is 9.75 Å². The van der Waals surface area contributed by atoms with E-state index in [4.69, 9.17) is 11.6 Å². The van der Waals surface area contributed by atoms with Gasteiger partial charge in [-0.15, -0.1) is 11.3 Å². The number of nitrogens with zero attached hydrogens (tertiary/aromatic N) is 2. The molecule has 2 rings (SSSR count). The van der Waals surface area contributed by atoms with Crippen LogP contribution in [-0.4, -0.2) is 9.97 Å². The van der Waals surface area contributed by atoms with Crippen LogP contribution in [0.3, 0.4) is 0 Å². The molecule has 0 bridgehead atoms. The highest BCUT2D eigenvalue weighted by molar-refractivity contribution is 7.12. The topological polar surface area (TPSA) is 37.8 Å². The Kier molecular flexibility index (Phi) is 3.64.